The summed E-state index contributed by atoms with van der Waals surface area (Å²) >= 11 is 17.2. The zero-order valence-corrected chi connectivity index (χ0v) is 20.0. The minimum atomic E-state index is -1.13. The fourth-order valence-corrected chi connectivity index (χ4v) is 6.73. The molecule has 0 unspecified atom stereocenters. The van der Waals surface area contributed by atoms with Gasteiger partial charge in [-0.15, -0.1) is 0 Å². The summed E-state index contributed by atoms with van der Waals surface area (Å²) in [5.74, 6) is -0.968. The van der Waals surface area contributed by atoms with Gasteiger partial charge in [-0.05, 0) is 29.8 Å². The Morgan fingerprint density at radius 3 is 2.55 bits per heavy atom. The van der Waals surface area contributed by atoms with Crippen LogP contribution < -0.4 is 4.74 Å². The number of Topliss-reactive ketones (excluding diaryl/α,β-unsaturated/α-hetero) is 1. The number of carbonyl (C=O) groups is 2. The largest absolute Gasteiger partial charge is 0.480 e. The molecule has 3 rings (SSSR count). The van der Waals surface area contributed by atoms with Crippen molar-refractivity contribution in [2.24, 2.45) is 0 Å². The third-order valence-corrected chi connectivity index (χ3v) is 8.98. The van der Waals surface area contributed by atoms with E-state index in [1.54, 1.807) is 20.7 Å². The number of carbonyl (C=O) groups excluding carboxylic acids is 1. The standard InChI is InChI=1S/C19H11BrCl2O4S3/c20-11-3-1-10(2-4-11)15-7-17(29-28-15)27-9-13(23)12-5-6-14(19(22)18(12)21)26-8-16(24)25/h1-7H,8-9H2/p+1. The van der Waals surface area contributed by atoms with Gasteiger partial charge in [-0.25, -0.2) is 4.79 Å². The maximum absolute atomic E-state index is 12.6. The summed E-state index contributed by atoms with van der Waals surface area (Å²) < 4.78 is 7.12. The molecule has 1 heterocycles. The summed E-state index contributed by atoms with van der Waals surface area (Å²) in [6, 6.07) is 13.1. The van der Waals surface area contributed by atoms with E-state index in [1.165, 1.54) is 23.9 Å². The topological polar surface area (TPSA) is 63.6 Å². The molecule has 0 amide bonds. The summed E-state index contributed by atoms with van der Waals surface area (Å²) in [7, 11) is 3.26. The van der Waals surface area contributed by atoms with E-state index >= 15 is 0 Å². The summed E-state index contributed by atoms with van der Waals surface area (Å²) in [6.07, 6.45) is 0. The molecule has 0 aliphatic heterocycles. The molecule has 0 spiro atoms. The average Bonchev–Trinajstić information content (AvgIpc) is 3.17. The molecule has 0 atom stereocenters. The predicted molar refractivity (Wildman–Crippen MR) is 124 cm³/mol. The molecule has 3 aromatic rings. The molecule has 0 bridgehead atoms. The maximum Gasteiger partial charge on any atom is 0.341 e. The van der Waals surface area contributed by atoms with Crippen LogP contribution in [0.5, 0.6) is 5.75 Å². The third kappa shape index (κ3) is 5.93. The predicted octanol–water partition coefficient (Wildman–Crippen LogP) is 7.27. The van der Waals surface area contributed by atoms with Crippen LogP contribution in [0.15, 0.2) is 51.1 Å². The monoisotopic (exact) mass is 549 g/mol. The molecule has 0 saturated carbocycles. The molecule has 10 heteroatoms. The summed E-state index contributed by atoms with van der Waals surface area (Å²) in [5, 5.41) is 8.77. The lowest BCUT2D eigenvalue weighted by molar-refractivity contribution is -0.139. The number of hydrogen-bond acceptors (Lipinski definition) is 5. The molecule has 0 fully saturated rings. The average molecular weight is 551 g/mol. The van der Waals surface area contributed by atoms with E-state index in [-0.39, 0.29) is 32.9 Å². The minimum absolute atomic E-state index is 0.0274. The highest BCUT2D eigenvalue weighted by Crippen LogP contribution is 2.39. The second-order valence-corrected chi connectivity index (χ2v) is 10.8. The molecule has 0 aliphatic rings. The number of carboxylic acid groups (broad SMARTS) is 1. The van der Waals surface area contributed by atoms with Crippen molar-refractivity contribution in [1.82, 2.24) is 0 Å². The van der Waals surface area contributed by atoms with E-state index in [1.807, 2.05) is 24.3 Å². The zero-order valence-electron chi connectivity index (χ0n) is 14.5. The van der Waals surface area contributed by atoms with Gasteiger partial charge in [0.15, 0.2) is 22.7 Å². The Hall–Kier alpha value is -1.16. The Bertz CT molecular complexity index is 1050. The number of benzene rings is 2. The van der Waals surface area contributed by atoms with Gasteiger partial charge in [-0.2, -0.15) is 0 Å². The lowest BCUT2D eigenvalue weighted by atomic mass is 10.1. The number of ketones is 1. The van der Waals surface area contributed by atoms with Crippen molar-refractivity contribution in [3.8, 4) is 16.2 Å². The third-order valence-electron chi connectivity index (χ3n) is 3.64. The summed E-state index contributed by atoms with van der Waals surface area (Å²) in [6.45, 7) is -0.542. The molecular weight excluding hydrogens is 539 g/mol. The Kier molecular flexibility index (Phi) is 7.95. The van der Waals surface area contributed by atoms with Gasteiger partial charge in [0.2, 0.25) is 0 Å². The number of carboxylic acids is 1. The highest BCUT2D eigenvalue weighted by molar-refractivity contribution is 9.10. The van der Waals surface area contributed by atoms with Crippen LogP contribution in [0.2, 0.25) is 10.0 Å². The number of ether oxygens (including phenoxy) is 1. The van der Waals surface area contributed by atoms with Gasteiger partial charge in [0.1, 0.15) is 10.8 Å². The van der Waals surface area contributed by atoms with Crippen molar-refractivity contribution < 1.29 is 19.4 Å². The van der Waals surface area contributed by atoms with Gasteiger partial charge in [-0.3, -0.25) is 4.79 Å². The van der Waals surface area contributed by atoms with Gasteiger partial charge in [0, 0.05) is 16.1 Å². The van der Waals surface area contributed by atoms with Crippen LogP contribution in [0.1, 0.15) is 10.4 Å². The van der Waals surface area contributed by atoms with E-state index in [0.29, 0.717) is 0 Å². The molecule has 0 radical (unpaired) electrons. The van der Waals surface area contributed by atoms with Gasteiger partial charge in [0.05, 0.1) is 15.7 Å². The van der Waals surface area contributed by atoms with Crippen molar-refractivity contribution in [2.75, 3.05) is 12.4 Å². The maximum atomic E-state index is 12.6. The first-order chi connectivity index (χ1) is 13.8. The number of aliphatic carboxylic acids is 1. The van der Waals surface area contributed by atoms with Crippen LogP contribution in [0, 0.1) is 0 Å². The molecule has 29 heavy (non-hydrogen) atoms. The highest BCUT2D eigenvalue weighted by atomic mass is 79.9. The van der Waals surface area contributed by atoms with E-state index in [9.17, 15) is 9.59 Å². The molecule has 150 valence electrons. The van der Waals surface area contributed by atoms with Crippen LogP contribution in [0.4, 0.5) is 0 Å². The van der Waals surface area contributed by atoms with Crippen LogP contribution in [0.3, 0.4) is 0 Å². The van der Waals surface area contributed by atoms with E-state index in [0.717, 1.165) is 19.1 Å². The first-order valence-corrected chi connectivity index (χ1v) is 12.7. The Morgan fingerprint density at radius 1 is 1.14 bits per heavy atom. The van der Waals surface area contributed by atoms with Crippen molar-refractivity contribution in [3.63, 3.8) is 0 Å². The zero-order chi connectivity index (χ0) is 21.0. The normalized spacial score (nSPS) is 10.7. The van der Waals surface area contributed by atoms with Crippen LogP contribution in [-0.4, -0.2) is 29.2 Å². The Balaban J connectivity index is 1.66. The van der Waals surface area contributed by atoms with Crippen LogP contribution in [-0.2, 0) is 4.79 Å². The molecule has 2 aromatic carbocycles. The fraction of sp³-hybridized carbons (Fsp3) is 0.105. The molecular formula is C19H12BrCl2O4S3+. The summed E-state index contributed by atoms with van der Waals surface area (Å²) in [5.41, 5.74) is 1.40. The smallest absolute Gasteiger partial charge is 0.341 e. The van der Waals surface area contributed by atoms with Crippen LogP contribution >= 0.6 is 71.6 Å². The first-order valence-electron chi connectivity index (χ1n) is 8.03. The first kappa shape index (κ1) is 22.5. The Labute approximate surface area is 197 Å². The summed E-state index contributed by atoms with van der Waals surface area (Å²) in [4.78, 5) is 24.3. The number of halogens is 3. The quantitative estimate of drug-likeness (QED) is 0.138. The van der Waals surface area contributed by atoms with E-state index in [2.05, 4.69) is 22.0 Å². The van der Waals surface area contributed by atoms with Crippen molar-refractivity contribution >= 4 is 83.3 Å². The molecule has 1 aromatic heterocycles. The molecule has 1 N–H and O–H groups in total. The Morgan fingerprint density at radius 2 is 1.86 bits per heavy atom. The van der Waals surface area contributed by atoms with Gasteiger partial charge >= 0.3 is 16.3 Å². The molecule has 0 aliphatic carbocycles. The van der Waals surface area contributed by atoms with Gasteiger partial charge in [0.25, 0.3) is 4.21 Å². The number of hydrogen-bond donors (Lipinski definition) is 1. The van der Waals surface area contributed by atoms with Crippen molar-refractivity contribution in [2.45, 2.75) is 4.21 Å². The minimum Gasteiger partial charge on any atom is -0.480 e. The number of rotatable bonds is 8. The fourth-order valence-electron chi connectivity index (χ4n) is 2.26. The molecule has 4 nitrogen and oxygen atoms in total. The second kappa shape index (κ2) is 10.2. The van der Waals surface area contributed by atoms with E-state index in [4.69, 9.17) is 33.0 Å². The van der Waals surface area contributed by atoms with Crippen molar-refractivity contribution in [3.05, 3.63) is 62.5 Å². The highest BCUT2D eigenvalue weighted by Gasteiger charge is 2.21. The van der Waals surface area contributed by atoms with Gasteiger partial charge in [-0.1, -0.05) is 63.0 Å². The second-order valence-electron chi connectivity index (χ2n) is 5.63. The van der Waals surface area contributed by atoms with Crippen LogP contribution in [0.25, 0.3) is 10.4 Å². The van der Waals surface area contributed by atoms with Gasteiger partial charge < -0.3 is 9.84 Å². The lowest BCUT2D eigenvalue weighted by Gasteiger charge is -2.09. The molecule has 0 saturated heterocycles. The number of thioether (sulfide) groups is 1. The SMILES string of the molecule is O=C(O)COc1ccc(C(=O)CSc2cc(-c3ccc(Br)cc3)s[s+]2)c(Cl)c1Cl. The van der Waals surface area contributed by atoms with Crippen molar-refractivity contribution in [1.29, 1.82) is 0 Å². The van der Waals surface area contributed by atoms with E-state index < -0.39 is 12.6 Å². The lowest BCUT2D eigenvalue weighted by Crippen LogP contribution is -2.10.